The van der Waals surface area contributed by atoms with Crippen molar-refractivity contribution >= 4 is 27.5 Å². The summed E-state index contributed by atoms with van der Waals surface area (Å²) in [6.45, 7) is 4.98. The summed E-state index contributed by atoms with van der Waals surface area (Å²) < 4.78 is 12.8. The number of alkyl halides is 1. The molecule has 90 valence electrons. The molecule has 1 unspecified atom stereocenters. The van der Waals surface area contributed by atoms with Gasteiger partial charge >= 0.3 is 0 Å². The number of hydrogen-bond acceptors (Lipinski definition) is 1. The highest BCUT2D eigenvalue weighted by molar-refractivity contribution is 9.09. The maximum Gasteiger partial charge on any atom is 0.124 e. The summed E-state index contributed by atoms with van der Waals surface area (Å²) >= 11 is 9.41. The zero-order valence-electron chi connectivity index (χ0n) is 9.43. The van der Waals surface area contributed by atoms with Gasteiger partial charge in [0.1, 0.15) is 5.82 Å². The topological polar surface area (TPSA) is 12.0 Å². The quantitative estimate of drug-likeness (QED) is 0.811. The van der Waals surface area contributed by atoms with E-state index in [9.17, 15) is 4.39 Å². The molecule has 1 aromatic rings. The van der Waals surface area contributed by atoms with Crippen LogP contribution >= 0.6 is 27.5 Å². The molecule has 0 aromatic heterocycles. The third kappa shape index (κ3) is 4.04. The third-order valence-corrected chi connectivity index (χ3v) is 3.59. The second-order valence-electron chi connectivity index (χ2n) is 4.12. The average Bonchev–Trinajstić information content (AvgIpc) is 2.21. The van der Waals surface area contributed by atoms with Crippen LogP contribution in [0, 0.1) is 11.7 Å². The molecular weight excluding hydrogens is 292 g/mol. The fourth-order valence-corrected chi connectivity index (χ4v) is 2.59. The zero-order chi connectivity index (χ0) is 12.1. The van der Waals surface area contributed by atoms with Crippen LogP contribution in [0.15, 0.2) is 18.2 Å². The molecular formula is C12H16BrClFN. The fraction of sp³-hybridized carbons (Fsp3) is 0.500. The minimum atomic E-state index is -0.297. The van der Waals surface area contributed by atoms with Crippen LogP contribution in [0.4, 0.5) is 4.39 Å². The van der Waals surface area contributed by atoms with Gasteiger partial charge in [-0.3, -0.25) is 0 Å². The molecule has 1 N–H and O–H groups in total. The van der Waals surface area contributed by atoms with Gasteiger partial charge in [-0.15, -0.1) is 0 Å². The van der Waals surface area contributed by atoms with E-state index in [1.165, 1.54) is 12.1 Å². The van der Waals surface area contributed by atoms with Gasteiger partial charge in [0.25, 0.3) is 0 Å². The fourth-order valence-electron chi connectivity index (χ4n) is 1.37. The Hall–Kier alpha value is -0.120. The molecule has 0 saturated carbocycles. The monoisotopic (exact) mass is 307 g/mol. The molecule has 0 spiro atoms. The highest BCUT2D eigenvalue weighted by atomic mass is 79.9. The van der Waals surface area contributed by atoms with Gasteiger partial charge in [-0.1, -0.05) is 47.4 Å². The predicted molar refractivity (Wildman–Crippen MR) is 70.7 cm³/mol. The first-order valence-electron chi connectivity index (χ1n) is 5.28. The van der Waals surface area contributed by atoms with E-state index in [2.05, 4.69) is 35.1 Å². The molecule has 0 aliphatic heterocycles. The molecule has 1 nitrogen and oxygen atoms in total. The molecule has 0 amide bonds. The van der Waals surface area contributed by atoms with Gasteiger partial charge in [-0.05, 0) is 23.6 Å². The first-order chi connectivity index (χ1) is 7.54. The maximum atomic E-state index is 12.8. The van der Waals surface area contributed by atoms with Crippen molar-refractivity contribution in [3.63, 3.8) is 0 Å². The Morgan fingerprint density at radius 1 is 1.44 bits per heavy atom. The SMILES string of the molecule is CC(C)C(CBr)NCc1ccc(F)cc1Cl. The van der Waals surface area contributed by atoms with E-state index in [4.69, 9.17) is 11.6 Å². The van der Waals surface area contributed by atoms with Gasteiger partial charge in [0.2, 0.25) is 0 Å². The largest absolute Gasteiger partial charge is 0.309 e. The minimum absolute atomic E-state index is 0.297. The van der Waals surface area contributed by atoms with Gasteiger partial charge in [0.15, 0.2) is 0 Å². The number of hydrogen-bond donors (Lipinski definition) is 1. The molecule has 16 heavy (non-hydrogen) atoms. The van der Waals surface area contributed by atoms with Crippen LogP contribution in [0.2, 0.25) is 5.02 Å². The predicted octanol–water partition coefficient (Wildman–Crippen LogP) is 3.99. The molecule has 4 heteroatoms. The lowest BCUT2D eigenvalue weighted by Crippen LogP contribution is -2.34. The summed E-state index contributed by atoms with van der Waals surface area (Å²) in [6.07, 6.45) is 0. The van der Waals surface area contributed by atoms with E-state index in [-0.39, 0.29) is 5.82 Å². The molecule has 1 rings (SSSR count). The van der Waals surface area contributed by atoms with Crippen molar-refractivity contribution in [3.8, 4) is 0 Å². The van der Waals surface area contributed by atoms with Crippen molar-refractivity contribution in [2.24, 2.45) is 5.92 Å². The Bertz CT molecular complexity index is 344. The third-order valence-electron chi connectivity index (χ3n) is 2.54. The van der Waals surface area contributed by atoms with E-state index in [1.54, 1.807) is 6.07 Å². The van der Waals surface area contributed by atoms with Crippen molar-refractivity contribution in [1.82, 2.24) is 5.32 Å². The first kappa shape index (κ1) is 13.9. The van der Waals surface area contributed by atoms with Crippen molar-refractivity contribution in [2.45, 2.75) is 26.4 Å². The number of halogens is 3. The molecule has 1 aromatic carbocycles. The van der Waals surface area contributed by atoms with Crippen molar-refractivity contribution in [3.05, 3.63) is 34.6 Å². The number of rotatable bonds is 5. The van der Waals surface area contributed by atoms with E-state index in [0.717, 1.165) is 10.9 Å². The second-order valence-corrected chi connectivity index (χ2v) is 5.18. The van der Waals surface area contributed by atoms with Gasteiger partial charge in [-0.2, -0.15) is 0 Å². The minimum Gasteiger partial charge on any atom is -0.309 e. The maximum absolute atomic E-state index is 12.8. The summed E-state index contributed by atoms with van der Waals surface area (Å²) in [5.74, 6) is 0.244. The lowest BCUT2D eigenvalue weighted by Gasteiger charge is -2.20. The van der Waals surface area contributed by atoms with Gasteiger partial charge in [0, 0.05) is 22.9 Å². The Balaban J connectivity index is 2.60. The second kappa shape index (κ2) is 6.58. The van der Waals surface area contributed by atoms with Crippen LogP contribution in [-0.4, -0.2) is 11.4 Å². The Morgan fingerprint density at radius 3 is 2.62 bits per heavy atom. The molecule has 1 atom stereocenters. The highest BCUT2D eigenvalue weighted by Gasteiger charge is 2.11. The average molecular weight is 309 g/mol. The summed E-state index contributed by atoms with van der Waals surface area (Å²) in [7, 11) is 0. The van der Waals surface area contributed by atoms with Crippen LogP contribution < -0.4 is 5.32 Å². The van der Waals surface area contributed by atoms with E-state index in [0.29, 0.717) is 23.5 Å². The number of nitrogens with one attached hydrogen (secondary N) is 1. The van der Waals surface area contributed by atoms with E-state index in [1.807, 2.05) is 0 Å². The molecule has 0 fully saturated rings. The summed E-state index contributed by atoms with van der Waals surface area (Å²) in [5, 5.41) is 4.76. The van der Waals surface area contributed by atoms with Crippen LogP contribution in [-0.2, 0) is 6.54 Å². The lowest BCUT2D eigenvalue weighted by molar-refractivity contribution is 0.434. The normalized spacial score (nSPS) is 13.1. The molecule has 0 heterocycles. The van der Waals surface area contributed by atoms with Crippen LogP contribution in [0.3, 0.4) is 0 Å². The summed E-state index contributed by atoms with van der Waals surface area (Å²) in [4.78, 5) is 0. The molecule has 0 bridgehead atoms. The Kier molecular flexibility index (Phi) is 5.73. The highest BCUT2D eigenvalue weighted by Crippen LogP contribution is 2.17. The number of benzene rings is 1. The van der Waals surface area contributed by atoms with E-state index >= 15 is 0 Å². The van der Waals surface area contributed by atoms with Crippen LogP contribution in [0.25, 0.3) is 0 Å². The van der Waals surface area contributed by atoms with Gasteiger partial charge in [-0.25, -0.2) is 4.39 Å². The lowest BCUT2D eigenvalue weighted by atomic mass is 10.1. The van der Waals surface area contributed by atoms with Gasteiger partial charge < -0.3 is 5.32 Å². The molecule has 0 radical (unpaired) electrons. The molecule has 0 aliphatic rings. The van der Waals surface area contributed by atoms with Crippen molar-refractivity contribution < 1.29 is 4.39 Å². The first-order valence-corrected chi connectivity index (χ1v) is 6.77. The van der Waals surface area contributed by atoms with Gasteiger partial charge in [0.05, 0.1) is 0 Å². The van der Waals surface area contributed by atoms with Crippen molar-refractivity contribution in [2.75, 3.05) is 5.33 Å². The molecule has 0 aliphatic carbocycles. The standard InChI is InChI=1S/C12H16BrClFN/c1-8(2)12(6-13)16-7-9-3-4-10(15)5-11(9)14/h3-5,8,12,16H,6-7H2,1-2H3. The Morgan fingerprint density at radius 2 is 2.12 bits per heavy atom. The van der Waals surface area contributed by atoms with E-state index < -0.39 is 0 Å². The summed E-state index contributed by atoms with van der Waals surface area (Å²) in [5.41, 5.74) is 0.926. The van der Waals surface area contributed by atoms with Crippen LogP contribution in [0.1, 0.15) is 19.4 Å². The summed E-state index contributed by atoms with van der Waals surface area (Å²) in [6, 6.07) is 4.88. The zero-order valence-corrected chi connectivity index (χ0v) is 11.8. The van der Waals surface area contributed by atoms with Crippen molar-refractivity contribution in [1.29, 1.82) is 0 Å². The van der Waals surface area contributed by atoms with Crippen LogP contribution in [0.5, 0.6) is 0 Å². The Labute approximate surface area is 110 Å². The smallest absolute Gasteiger partial charge is 0.124 e. The molecule has 0 saturated heterocycles.